The maximum absolute atomic E-state index is 12.7. The molecule has 5 nitrogen and oxygen atoms in total. The lowest BCUT2D eigenvalue weighted by molar-refractivity contribution is -0.116. The molecule has 166 valence electrons. The Hall–Kier alpha value is -2.83. The van der Waals surface area contributed by atoms with Crippen LogP contribution in [0.2, 0.25) is 5.02 Å². The number of hydrogen-bond acceptors (Lipinski definition) is 4. The zero-order chi connectivity index (χ0) is 23.0. The smallest absolute Gasteiger partial charge is 0.260 e. The summed E-state index contributed by atoms with van der Waals surface area (Å²) in [5.41, 5.74) is 7.32. The van der Waals surface area contributed by atoms with E-state index in [2.05, 4.69) is 67.2 Å². The van der Waals surface area contributed by atoms with Crippen LogP contribution in [0.25, 0.3) is 11.8 Å². The van der Waals surface area contributed by atoms with Crippen molar-refractivity contribution in [3.05, 3.63) is 80.5 Å². The minimum absolute atomic E-state index is 0.107. The van der Waals surface area contributed by atoms with Crippen LogP contribution in [0.5, 0.6) is 5.75 Å². The Kier molecular flexibility index (Phi) is 6.26. The average molecular weight is 468 g/mol. The molecule has 7 heteroatoms. The summed E-state index contributed by atoms with van der Waals surface area (Å²) in [6, 6.07) is 13.9. The number of ether oxygens (including phenoxy) is 1. The largest absolute Gasteiger partial charge is 0.495 e. The molecule has 1 unspecified atom stereocenters. The summed E-state index contributed by atoms with van der Waals surface area (Å²) < 4.78 is 7.61. The second-order valence-corrected chi connectivity index (χ2v) is 9.48. The highest BCUT2D eigenvalue weighted by Crippen LogP contribution is 2.35. The summed E-state index contributed by atoms with van der Waals surface area (Å²) in [5, 5.41) is 6.85. The average Bonchev–Trinajstić information content (AvgIpc) is 3.22. The molecule has 1 aliphatic heterocycles. The van der Waals surface area contributed by atoms with Crippen LogP contribution in [0.3, 0.4) is 0 Å². The lowest BCUT2D eigenvalue weighted by atomic mass is 10.1. The lowest BCUT2D eigenvalue weighted by Crippen LogP contribution is -2.31. The van der Waals surface area contributed by atoms with Crippen molar-refractivity contribution >= 4 is 41.0 Å². The molecule has 0 radical (unpaired) electrons. The number of carbonyl (C=O) groups is 1. The van der Waals surface area contributed by atoms with Crippen molar-refractivity contribution in [1.29, 1.82) is 0 Å². The number of nitrogens with zero attached hydrogens (tertiary/aromatic N) is 1. The van der Waals surface area contributed by atoms with Gasteiger partial charge in [-0.25, -0.2) is 0 Å². The van der Waals surface area contributed by atoms with E-state index in [9.17, 15) is 4.79 Å². The zero-order valence-electron chi connectivity index (χ0n) is 18.7. The maximum Gasteiger partial charge on any atom is 0.260 e. The normalized spacial score (nSPS) is 17.0. The van der Waals surface area contributed by atoms with Crippen molar-refractivity contribution in [2.75, 3.05) is 12.4 Å². The van der Waals surface area contributed by atoms with E-state index in [-0.39, 0.29) is 11.4 Å². The molecule has 2 heterocycles. The Morgan fingerprint density at radius 1 is 1.09 bits per heavy atom. The SMILES string of the molecule is COc1ccc(Cl)cc1NC1NC(=O)/C(=C/c2cc(C)n(-c3ccc(C)c(C)c3)c2C)S1. The second-order valence-electron chi connectivity index (χ2n) is 7.90. The van der Waals surface area contributed by atoms with Gasteiger partial charge >= 0.3 is 0 Å². The number of halogens is 1. The van der Waals surface area contributed by atoms with Crippen LogP contribution in [-0.2, 0) is 4.79 Å². The fraction of sp³-hybridized carbons (Fsp3) is 0.240. The number of benzene rings is 2. The Morgan fingerprint density at radius 2 is 1.88 bits per heavy atom. The quantitative estimate of drug-likeness (QED) is 0.454. The third-order valence-corrected chi connectivity index (χ3v) is 6.95. The molecule has 0 saturated carbocycles. The van der Waals surface area contributed by atoms with Crippen molar-refractivity contribution in [3.63, 3.8) is 0 Å². The van der Waals surface area contributed by atoms with E-state index < -0.39 is 0 Å². The van der Waals surface area contributed by atoms with E-state index in [1.54, 1.807) is 25.3 Å². The lowest BCUT2D eigenvalue weighted by Gasteiger charge is -2.15. The number of methoxy groups -OCH3 is 1. The van der Waals surface area contributed by atoms with Gasteiger partial charge < -0.3 is 19.9 Å². The van der Waals surface area contributed by atoms with Gasteiger partial charge in [0.05, 0.1) is 17.7 Å². The predicted molar refractivity (Wildman–Crippen MR) is 134 cm³/mol. The predicted octanol–water partition coefficient (Wildman–Crippen LogP) is 5.97. The summed E-state index contributed by atoms with van der Waals surface area (Å²) in [6.45, 7) is 8.40. The first-order valence-electron chi connectivity index (χ1n) is 10.3. The number of carbonyl (C=O) groups excluding carboxylic acids is 1. The van der Waals surface area contributed by atoms with Crippen molar-refractivity contribution in [1.82, 2.24) is 9.88 Å². The molecule has 32 heavy (non-hydrogen) atoms. The van der Waals surface area contributed by atoms with Crippen molar-refractivity contribution in [2.45, 2.75) is 33.2 Å². The number of amides is 1. The van der Waals surface area contributed by atoms with Crippen LogP contribution in [0, 0.1) is 27.7 Å². The number of rotatable bonds is 5. The van der Waals surface area contributed by atoms with E-state index in [4.69, 9.17) is 16.3 Å². The molecule has 1 atom stereocenters. The standard InChI is InChI=1S/C25H26ClN3O2S/c1-14-6-8-20(10-15(14)2)29-16(3)11-18(17(29)4)12-23-24(30)28-25(32-23)27-21-13-19(26)7-9-22(21)31-5/h6-13,25,27H,1-5H3,(H,28,30)/b23-12-. The molecule has 0 bridgehead atoms. The summed E-state index contributed by atoms with van der Waals surface area (Å²) in [4.78, 5) is 13.3. The highest BCUT2D eigenvalue weighted by Gasteiger charge is 2.28. The van der Waals surface area contributed by atoms with Gasteiger partial charge in [0.2, 0.25) is 0 Å². The fourth-order valence-corrected chi connectivity index (χ4v) is 4.98. The Morgan fingerprint density at radius 3 is 2.59 bits per heavy atom. The van der Waals surface area contributed by atoms with E-state index in [0.717, 1.165) is 28.3 Å². The minimum atomic E-state index is -0.315. The first-order valence-corrected chi connectivity index (χ1v) is 11.6. The van der Waals surface area contributed by atoms with E-state index in [1.807, 2.05) is 6.08 Å². The molecule has 1 saturated heterocycles. The van der Waals surface area contributed by atoms with E-state index in [0.29, 0.717) is 15.7 Å². The van der Waals surface area contributed by atoms with Crippen LogP contribution in [-0.4, -0.2) is 23.1 Å². The van der Waals surface area contributed by atoms with Gasteiger partial charge in [-0.3, -0.25) is 4.79 Å². The summed E-state index contributed by atoms with van der Waals surface area (Å²) >= 11 is 7.56. The monoisotopic (exact) mass is 467 g/mol. The molecule has 0 spiro atoms. The first-order chi connectivity index (χ1) is 15.3. The van der Waals surface area contributed by atoms with Gasteiger partial charge in [-0.2, -0.15) is 0 Å². The van der Waals surface area contributed by atoms with E-state index in [1.165, 1.54) is 22.9 Å². The number of nitrogens with one attached hydrogen (secondary N) is 2. The topological polar surface area (TPSA) is 55.3 Å². The number of thioether (sulfide) groups is 1. The van der Waals surface area contributed by atoms with Crippen molar-refractivity contribution in [2.24, 2.45) is 0 Å². The number of aryl methyl sites for hydroxylation is 3. The second kappa shape index (κ2) is 8.96. The fourth-order valence-electron chi connectivity index (χ4n) is 3.84. The molecule has 2 N–H and O–H groups in total. The molecular weight excluding hydrogens is 442 g/mol. The molecule has 1 amide bonds. The molecule has 1 aliphatic rings. The van der Waals surface area contributed by atoms with Crippen LogP contribution in [0.4, 0.5) is 5.69 Å². The van der Waals surface area contributed by atoms with Crippen LogP contribution in [0.1, 0.15) is 28.1 Å². The number of hydrogen-bond donors (Lipinski definition) is 2. The Balaban J connectivity index is 1.59. The zero-order valence-corrected chi connectivity index (χ0v) is 20.3. The molecule has 1 fully saturated rings. The maximum atomic E-state index is 12.7. The molecule has 1 aromatic heterocycles. The molecule has 3 aromatic rings. The summed E-state index contributed by atoms with van der Waals surface area (Å²) in [7, 11) is 1.60. The summed E-state index contributed by atoms with van der Waals surface area (Å²) in [6.07, 6.45) is 1.96. The van der Waals surface area contributed by atoms with Crippen molar-refractivity contribution in [3.8, 4) is 11.4 Å². The van der Waals surface area contributed by atoms with Gasteiger partial charge in [-0.05, 0) is 86.9 Å². The summed E-state index contributed by atoms with van der Waals surface area (Å²) in [5.74, 6) is 0.558. The Bertz CT molecular complexity index is 1230. The van der Waals surface area contributed by atoms with Crippen molar-refractivity contribution < 1.29 is 9.53 Å². The molecule has 2 aromatic carbocycles. The molecule has 4 rings (SSSR count). The highest BCUT2D eigenvalue weighted by atomic mass is 35.5. The van der Waals surface area contributed by atoms with Gasteiger partial charge in [0.1, 0.15) is 5.75 Å². The van der Waals surface area contributed by atoms with Crippen LogP contribution in [0.15, 0.2) is 47.4 Å². The van der Waals surface area contributed by atoms with Gasteiger partial charge in [0.25, 0.3) is 5.91 Å². The minimum Gasteiger partial charge on any atom is -0.495 e. The van der Waals surface area contributed by atoms with Gasteiger partial charge in [0.15, 0.2) is 5.50 Å². The first kappa shape index (κ1) is 22.4. The number of anilines is 1. The molecule has 0 aliphatic carbocycles. The van der Waals surface area contributed by atoms with Crippen LogP contribution < -0.4 is 15.4 Å². The van der Waals surface area contributed by atoms with Gasteiger partial charge in [-0.15, -0.1) is 0 Å². The van der Waals surface area contributed by atoms with Gasteiger partial charge in [-0.1, -0.05) is 29.4 Å². The Labute approximate surface area is 197 Å². The third-order valence-electron chi connectivity index (χ3n) is 5.68. The highest BCUT2D eigenvalue weighted by molar-refractivity contribution is 8.05. The molecular formula is C25H26ClN3O2S. The van der Waals surface area contributed by atoms with E-state index >= 15 is 0 Å². The van der Waals surface area contributed by atoms with Gasteiger partial charge in [0, 0.05) is 22.1 Å². The third kappa shape index (κ3) is 4.38. The number of aromatic nitrogens is 1. The van der Waals surface area contributed by atoms with Crippen LogP contribution >= 0.6 is 23.4 Å².